The van der Waals surface area contributed by atoms with Gasteiger partial charge in [-0.25, -0.2) is 0 Å². The van der Waals surface area contributed by atoms with Crippen LogP contribution in [0.15, 0.2) is 18.2 Å². The van der Waals surface area contributed by atoms with E-state index in [9.17, 15) is 13.6 Å². The summed E-state index contributed by atoms with van der Waals surface area (Å²) in [7, 11) is 0. The van der Waals surface area contributed by atoms with E-state index in [-0.39, 0.29) is 35.9 Å². The van der Waals surface area contributed by atoms with Crippen LogP contribution in [-0.4, -0.2) is 19.1 Å². The Morgan fingerprint density at radius 2 is 2.18 bits per heavy atom. The molecule has 1 amide bonds. The number of carbonyl (C=O) groups excluding carboxylic acids is 1. The first-order valence-electron chi connectivity index (χ1n) is 7.08. The summed E-state index contributed by atoms with van der Waals surface area (Å²) in [5, 5.41) is 2.74. The van der Waals surface area contributed by atoms with Crippen molar-refractivity contribution in [1.82, 2.24) is 0 Å². The van der Waals surface area contributed by atoms with Gasteiger partial charge in [0.15, 0.2) is 0 Å². The summed E-state index contributed by atoms with van der Waals surface area (Å²) in [6.45, 7) is -0.722. The first-order valence-corrected chi connectivity index (χ1v) is 7.08. The fraction of sp³-hybridized carbons (Fsp3) is 0.533. The maximum atomic E-state index is 12.4. The van der Waals surface area contributed by atoms with E-state index in [1.165, 1.54) is 6.07 Å². The van der Waals surface area contributed by atoms with Gasteiger partial charge in [0.05, 0.1) is 5.69 Å². The summed E-state index contributed by atoms with van der Waals surface area (Å²) < 4.78 is 29.3. The van der Waals surface area contributed by atoms with E-state index in [2.05, 4.69) is 10.1 Å². The predicted octanol–water partition coefficient (Wildman–Crippen LogP) is 3.33. The van der Waals surface area contributed by atoms with Crippen molar-refractivity contribution in [2.24, 2.45) is 17.6 Å². The fourth-order valence-corrected chi connectivity index (χ4v) is 2.88. The first-order chi connectivity index (χ1) is 10.0. The monoisotopic (exact) mass is 334 g/mol. The van der Waals surface area contributed by atoms with Gasteiger partial charge >= 0.3 is 6.61 Å². The zero-order chi connectivity index (χ0) is 15.4. The van der Waals surface area contributed by atoms with Crippen LogP contribution in [0.4, 0.5) is 14.5 Å². The third kappa shape index (κ3) is 4.30. The molecule has 0 unspecified atom stereocenters. The number of benzene rings is 1. The smallest absolute Gasteiger partial charge is 0.387 e. The van der Waals surface area contributed by atoms with E-state index in [0.29, 0.717) is 17.8 Å². The van der Waals surface area contributed by atoms with Gasteiger partial charge in [-0.2, -0.15) is 8.78 Å². The number of para-hydroxylation sites is 1. The van der Waals surface area contributed by atoms with Gasteiger partial charge in [-0.3, -0.25) is 4.79 Å². The number of carbonyl (C=O) groups is 1. The van der Waals surface area contributed by atoms with Gasteiger partial charge in [-0.05, 0) is 43.9 Å². The number of amides is 1. The predicted molar refractivity (Wildman–Crippen MR) is 83.6 cm³/mol. The zero-order valence-electron chi connectivity index (χ0n) is 12.4. The normalized spacial score (nSPS) is 20.6. The Balaban J connectivity index is 0.00000242. The Morgan fingerprint density at radius 1 is 1.45 bits per heavy atom. The third-order valence-electron chi connectivity index (χ3n) is 4.00. The molecule has 0 saturated heterocycles. The molecule has 1 aliphatic rings. The molecule has 22 heavy (non-hydrogen) atoms. The molecule has 1 aromatic carbocycles. The molecule has 0 aliphatic heterocycles. The molecule has 0 bridgehead atoms. The number of anilines is 1. The fourth-order valence-electron chi connectivity index (χ4n) is 2.88. The minimum absolute atomic E-state index is 0. The molecule has 2 atom stereocenters. The number of rotatable bonds is 5. The molecule has 1 aromatic rings. The van der Waals surface area contributed by atoms with Gasteiger partial charge < -0.3 is 15.8 Å². The van der Waals surface area contributed by atoms with Crippen molar-refractivity contribution in [3.05, 3.63) is 23.8 Å². The lowest BCUT2D eigenvalue weighted by Gasteiger charge is -2.20. The highest BCUT2D eigenvalue weighted by Crippen LogP contribution is 2.34. The van der Waals surface area contributed by atoms with Gasteiger partial charge in [-0.1, -0.05) is 18.6 Å². The highest BCUT2D eigenvalue weighted by molar-refractivity contribution is 5.95. The number of alkyl halides is 2. The molecule has 1 fully saturated rings. The second-order valence-electron chi connectivity index (χ2n) is 5.35. The van der Waals surface area contributed by atoms with Crippen molar-refractivity contribution in [2.75, 3.05) is 11.9 Å². The Bertz CT molecular complexity index is 514. The lowest BCUT2D eigenvalue weighted by molar-refractivity contribution is -0.120. The summed E-state index contributed by atoms with van der Waals surface area (Å²) in [6, 6.07) is 4.77. The van der Waals surface area contributed by atoms with Crippen molar-refractivity contribution in [1.29, 1.82) is 0 Å². The molecule has 0 spiro atoms. The number of halogens is 3. The second kappa shape index (κ2) is 8.29. The first kappa shape index (κ1) is 18.6. The molecule has 0 aromatic heterocycles. The number of nitrogens with one attached hydrogen (secondary N) is 1. The quantitative estimate of drug-likeness (QED) is 0.868. The summed E-state index contributed by atoms with van der Waals surface area (Å²) in [5.41, 5.74) is 6.67. The zero-order valence-corrected chi connectivity index (χ0v) is 13.2. The topological polar surface area (TPSA) is 64.3 Å². The van der Waals surface area contributed by atoms with Crippen LogP contribution >= 0.6 is 12.4 Å². The highest BCUT2D eigenvalue weighted by Gasteiger charge is 2.32. The van der Waals surface area contributed by atoms with Crippen LogP contribution in [0.25, 0.3) is 0 Å². The second-order valence-corrected chi connectivity index (χ2v) is 5.35. The molecule has 1 aliphatic carbocycles. The van der Waals surface area contributed by atoms with Crippen molar-refractivity contribution in [3.8, 4) is 5.75 Å². The van der Waals surface area contributed by atoms with E-state index in [4.69, 9.17) is 5.73 Å². The van der Waals surface area contributed by atoms with Crippen molar-refractivity contribution in [3.63, 3.8) is 0 Å². The van der Waals surface area contributed by atoms with Gasteiger partial charge in [-0.15, -0.1) is 12.4 Å². The Labute approximate surface area is 134 Å². The number of nitrogens with two attached hydrogens (primary N) is 1. The molecule has 0 heterocycles. The van der Waals surface area contributed by atoms with Crippen LogP contribution in [0.1, 0.15) is 24.8 Å². The van der Waals surface area contributed by atoms with Gasteiger partial charge in [0.2, 0.25) is 5.91 Å². The molecule has 7 heteroatoms. The van der Waals surface area contributed by atoms with Crippen LogP contribution in [0.3, 0.4) is 0 Å². The molecule has 0 radical (unpaired) electrons. The molecule has 4 nitrogen and oxygen atoms in total. The Kier molecular flexibility index (Phi) is 7.03. The van der Waals surface area contributed by atoms with Crippen LogP contribution in [0.5, 0.6) is 5.75 Å². The summed E-state index contributed by atoms with van der Waals surface area (Å²) in [5.74, 6) is -0.181. The van der Waals surface area contributed by atoms with Crippen LogP contribution in [-0.2, 0) is 4.79 Å². The average Bonchev–Trinajstić information content (AvgIpc) is 2.90. The summed E-state index contributed by atoms with van der Waals surface area (Å²) in [4.78, 5) is 12.4. The lowest BCUT2D eigenvalue weighted by atomic mass is 9.95. The van der Waals surface area contributed by atoms with Crippen molar-refractivity contribution < 1.29 is 18.3 Å². The van der Waals surface area contributed by atoms with Crippen LogP contribution in [0.2, 0.25) is 0 Å². The molecule has 1 saturated carbocycles. The van der Waals surface area contributed by atoms with E-state index in [0.717, 1.165) is 19.3 Å². The van der Waals surface area contributed by atoms with Crippen LogP contribution in [0, 0.1) is 18.8 Å². The minimum Gasteiger partial charge on any atom is -0.433 e. The molecule has 3 N–H and O–H groups in total. The number of ether oxygens (including phenoxy) is 1. The number of aryl methyl sites for hydroxylation is 1. The summed E-state index contributed by atoms with van der Waals surface area (Å²) in [6.07, 6.45) is 2.68. The average molecular weight is 335 g/mol. The van der Waals surface area contributed by atoms with Gasteiger partial charge in [0.25, 0.3) is 0 Å². The van der Waals surface area contributed by atoms with Gasteiger partial charge in [0, 0.05) is 5.92 Å². The largest absolute Gasteiger partial charge is 0.433 e. The van der Waals surface area contributed by atoms with Crippen LogP contribution < -0.4 is 15.8 Å². The van der Waals surface area contributed by atoms with E-state index >= 15 is 0 Å². The third-order valence-corrected chi connectivity index (χ3v) is 4.00. The standard InChI is InChI=1S/C15H20F2N2O2.ClH/c1-9-4-2-7-12(21-15(16)17)13(9)19-14(20)11-6-3-5-10(11)8-18;/h2,4,7,10-11,15H,3,5-6,8,18H2,1H3,(H,19,20);1H/t10-,11-;/m1./s1. The summed E-state index contributed by atoms with van der Waals surface area (Å²) >= 11 is 0. The maximum absolute atomic E-state index is 12.4. The molecule has 2 rings (SSSR count). The van der Waals surface area contributed by atoms with E-state index in [1.807, 2.05) is 0 Å². The van der Waals surface area contributed by atoms with E-state index < -0.39 is 6.61 Å². The van der Waals surface area contributed by atoms with Crippen molar-refractivity contribution in [2.45, 2.75) is 32.8 Å². The minimum atomic E-state index is -2.93. The van der Waals surface area contributed by atoms with Crippen molar-refractivity contribution >= 4 is 24.0 Å². The lowest BCUT2D eigenvalue weighted by Crippen LogP contribution is -2.30. The van der Waals surface area contributed by atoms with E-state index in [1.54, 1.807) is 19.1 Å². The highest BCUT2D eigenvalue weighted by atomic mass is 35.5. The van der Waals surface area contributed by atoms with Gasteiger partial charge in [0.1, 0.15) is 5.75 Å². The Morgan fingerprint density at radius 3 is 2.82 bits per heavy atom. The molecule has 124 valence electrons. The SMILES string of the molecule is Cc1cccc(OC(F)F)c1NC(=O)[C@@H]1CCC[C@@H]1CN.Cl. The molecular weight excluding hydrogens is 314 g/mol. The molecular formula is C15H21ClF2N2O2. The number of hydrogen-bond acceptors (Lipinski definition) is 3. The maximum Gasteiger partial charge on any atom is 0.387 e. The number of hydrogen-bond donors (Lipinski definition) is 2. The Hall–Kier alpha value is -1.40.